The van der Waals surface area contributed by atoms with Gasteiger partial charge in [0, 0.05) is 20.3 Å². The number of ether oxygens (including phenoxy) is 3. The molecule has 19 heavy (non-hydrogen) atoms. The van der Waals surface area contributed by atoms with Crippen molar-refractivity contribution in [3.05, 3.63) is 24.3 Å². The van der Waals surface area contributed by atoms with E-state index in [4.69, 9.17) is 14.2 Å². The maximum absolute atomic E-state index is 12.5. The van der Waals surface area contributed by atoms with Crippen molar-refractivity contribution in [2.75, 3.05) is 33.5 Å². The molecule has 0 fully saturated rings. The maximum Gasteiger partial charge on any atom is 0.509 e. The molecule has 108 valence electrons. The molecule has 0 radical (unpaired) electrons. The van der Waals surface area contributed by atoms with Gasteiger partial charge >= 0.3 is 6.98 Å². The molecule has 0 aliphatic rings. The van der Waals surface area contributed by atoms with Gasteiger partial charge < -0.3 is 27.2 Å². The summed E-state index contributed by atoms with van der Waals surface area (Å²) in [6.45, 7) is -3.26. The highest BCUT2D eigenvalue weighted by atomic mass is 19.4. The molecule has 0 saturated heterocycles. The summed E-state index contributed by atoms with van der Waals surface area (Å²) in [5.41, 5.74) is -0.654. The van der Waals surface area contributed by atoms with E-state index >= 15 is 0 Å². The van der Waals surface area contributed by atoms with E-state index in [1.54, 1.807) is 7.11 Å². The van der Waals surface area contributed by atoms with Gasteiger partial charge in [-0.25, -0.2) is 0 Å². The molecule has 0 unspecified atom stereocenters. The molecule has 0 bridgehead atoms. The van der Waals surface area contributed by atoms with E-state index in [-0.39, 0.29) is 12.4 Å². The minimum absolute atomic E-state index is 0.206. The predicted octanol–water partition coefficient (Wildman–Crippen LogP) is 2.17. The Labute approximate surface area is 110 Å². The van der Waals surface area contributed by atoms with Gasteiger partial charge in [-0.15, -0.1) is 5.46 Å². The van der Waals surface area contributed by atoms with Gasteiger partial charge in [0.1, 0.15) is 12.4 Å². The van der Waals surface area contributed by atoms with Crippen molar-refractivity contribution in [1.82, 2.24) is 0 Å². The largest absolute Gasteiger partial charge is 0.509 e. The first kappa shape index (κ1) is 15.9. The summed E-state index contributed by atoms with van der Waals surface area (Å²) in [6, 6.07) is 4.87. The number of methoxy groups -OCH3 is 1. The van der Waals surface area contributed by atoms with E-state index in [0.717, 1.165) is 18.6 Å². The zero-order valence-electron chi connectivity index (χ0n) is 10.8. The van der Waals surface area contributed by atoms with Crippen LogP contribution in [0.15, 0.2) is 24.3 Å². The van der Waals surface area contributed by atoms with Crippen LogP contribution in [0.5, 0.6) is 5.75 Å². The zero-order valence-corrected chi connectivity index (χ0v) is 10.8. The van der Waals surface area contributed by atoms with Crippen LogP contribution in [0, 0.1) is 0 Å². The standard InChI is InChI=1S/C12H17BF3O3/c1-17-6-3-7-18-8-9-19-12-5-2-4-11(10-12)13(14,15)16/h2,4-5,10H,3,6-9H2,1H3/q-1. The first-order chi connectivity index (χ1) is 9.04. The number of halogens is 3. The SMILES string of the molecule is COCCCOCCOc1cccc([B-](F)(F)F)c1. The van der Waals surface area contributed by atoms with E-state index in [9.17, 15) is 12.9 Å². The quantitative estimate of drug-likeness (QED) is 0.511. The average molecular weight is 277 g/mol. The predicted molar refractivity (Wildman–Crippen MR) is 68.0 cm³/mol. The molecular weight excluding hydrogens is 260 g/mol. The Morgan fingerprint density at radius 2 is 1.84 bits per heavy atom. The van der Waals surface area contributed by atoms with Crippen molar-refractivity contribution in [3.8, 4) is 5.75 Å². The molecule has 0 N–H and O–H groups in total. The highest BCUT2D eigenvalue weighted by molar-refractivity contribution is 6.73. The van der Waals surface area contributed by atoms with Crippen molar-refractivity contribution >= 4 is 12.4 Å². The number of benzene rings is 1. The van der Waals surface area contributed by atoms with E-state index in [1.165, 1.54) is 12.1 Å². The molecule has 0 atom stereocenters. The lowest BCUT2D eigenvalue weighted by atomic mass is 9.80. The molecule has 0 spiro atoms. The summed E-state index contributed by atoms with van der Waals surface area (Å²) < 4.78 is 52.8. The third kappa shape index (κ3) is 6.49. The lowest BCUT2D eigenvalue weighted by Gasteiger charge is -2.16. The van der Waals surface area contributed by atoms with E-state index in [1.807, 2.05) is 0 Å². The minimum atomic E-state index is -4.98. The molecule has 1 aromatic rings. The van der Waals surface area contributed by atoms with Gasteiger partial charge in [0.05, 0.1) is 6.61 Å². The van der Waals surface area contributed by atoms with Crippen LogP contribution in [0.1, 0.15) is 6.42 Å². The Hall–Kier alpha value is -1.21. The minimum Gasteiger partial charge on any atom is -0.491 e. The Morgan fingerprint density at radius 1 is 1.05 bits per heavy atom. The Bertz CT molecular complexity index is 371. The number of hydrogen-bond donors (Lipinski definition) is 0. The molecular formula is C12H17BF3O3-. The third-order valence-corrected chi connectivity index (χ3v) is 2.37. The van der Waals surface area contributed by atoms with Crippen molar-refractivity contribution in [2.24, 2.45) is 0 Å². The van der Waals surface area contributed by atoms with Crippen molar-refractivity contribution in [3.63, 3.8) is 0 Å². The molecule has 1 aromatic carbocycles. The van der Waals surface area contributed by atoms with Gasteiger partial charge in [0.2, 0.25) is 0 Å². The fraction of sp³-hybridized carbons (Fsp3) is 0.500. The van der Waals surface area contributed by atoms with Crippen molar-refractivity contribution < 1.29 is 27.2 Å². The van der Waals surface area contributed by atoms with Gasteiger partial charge in [-0.05, 0) is 18.6 Å². The molecule has 1 rings (SSSR count). The smallest absolute Gasteiger partial charge is 0.491 e. The highest BCUT2D eigenvalue weighted by Crippen LogP contribution is 2.14. The second-order valence-corrected chi connectivity index (χ2v) is 3.95. The third-order valence-electron chi connectivity index (χ3n) is 2.37. The van der Waals surface area contributed by atoms with Crippen LogP contribution in [0.3, 0.4) is 0 Å². The Morgan fingerprint density at radius 3 is 2.53 bits per heavy atom. The molecule has 7 heteroatoms. The van der Waals surface area contributed by atoms with Crippen LogP contribution >= 0.6 is 0 Å². The first-order valence-corrected chi connectivity index (χ1v) is 6.03. The summed E-state index contributed by atoms with van der Waals surface area (Å²) in [4.78, 5) is 0. The lowest BCUT2D eigenvalue weighted by Crippen LogP contribution is -2.33. The maximum atomic E-state index is 12.5. The topological polar surface area (TPSA) is 27.7 Å². The van der Waals surface area contributed by atoms with E-state index in [2.05, 4.69) is 0 Å². The van der Waals surface area contributed by atoms with Crippen molar-refractivity contribution in [1.29, 1.82) is 0 Å². The summed E-state index contributed by atoms with van der Waals surface area (Å²) in [7, 11) is 1.61. The normalized spacial score (nSPS) is 11.6. The fourth-order valence-corrected chi connectivity index (χ4v) is 1.43. The van der Waals surface area contributed by atoms with Gasteiger partial charge in [-0.3, -0.25) is 0 Å². The van der Waals surface area contributed by atoms with Crippen molar-refractivity contribution in [2.45, 2.75) is 6.42 Å². The van der Waals surface area contributed by atoms with Gasteiger partial charge in [0.25, 0.3) is 0 Å². The molecule has 0 aliphatic heterocycles. The number of rotatable bonds is 9. The molecule has 0 amide bonds. The average Bonchev–Trinajstić information content (AvgIpc) is 2.37. The summed E-state index contributed by atoms with van der Waals surface area (Å²) in [5, 5.41) is 0. The molecule has 0 aliphatic carbocycles. The highest BCUT2D eigenvalue weighted by Gasteiger charge is 2.25. The monoisotopic (exact) mass is 277 g/mol. The Kier molecular flexibility index (Phi) is 6.73. The summed E-state index contributed by atoms with van der Waals surface area (Å²) >= 11 is 0. The second kappa shape index (κ2) is 8.06. The van der Waals surface area contributed by atoms with Crippen LogP contribution in [0.25, 0.3) is 0 Å². The first-order valence-electron chi connectivity index (χ1n) is 6.03. The van der Waals surface area contributed by atoms with E-state index in [0.29, 0.717) is 19.8 Å². The van der Waals surface area contributed by atoms with Crippen LogP contribution < -0.4 is 10.2 Å². The molecule has 3 nitrogen and oxygen atoms in total. The molecule has 0 aromatic heterocycles. The summed E-state index contributed by atoms with van der Waals surface area (Å²) in [6.07, 6.45) is 0.780. The lowest BCUT2D eigenvalue weighted by molar-refractivity contribution is 0.0806. The zero-order chi connectivity index (χ0) is 14.1. The van der Waals surface area contributed by atoms with Crippen LogP contribution in [0.4, 0.5) is 12.9 Å². The Balaban J connectivity index is 2.26. The van der Waals surface area contributed by atoms with E-state index < -0.39 is 12.4 Å². The van der Waals surface area contributed by atoms with Gasteiger partial charge in [0.15, 0.2) is 0 Å². The van der Waals surface area contributed by atoms with Crippen LogP contribution in [-0.4, -0.2) is 40.5 Å². The number of hydrogen-bond acceptors (Lipinski definition) is 3. The second-order valence-electron chi connectivity index (χ2n) is 3.95. The molecule has 0 heterocycles. The molecule has 0 saturated carbocycles. The van der Waals surface area contributed by atoms with Crippen LogP contribution in [-0.2, 0) is 9.47 Å². The fourth-order valence-electron chi connectivity index (χ4n) is 1.43. The van der Waals surface area contributed by atoms with Crippen LogP contribution in [0.2, 0.25) is 0 Å². The van der Waals surface area contributed by atoms with Gasteiger partial charge in [-0.1, -0.05) is 12.1 Å². The summed E-state index contributed by atoms with van der Waals surface area (Å²) in [5.74, 6) is 0.206. The van der Waals surface area contributed by atoms with Gasteiger partial charge in [-0.2, -0.15) is 0 Å².